The molecule has 1 aromatic rings. The molecule has 0 saturated heterocycles. The van der Waals surface area contributed by atoms with Crippen LogP contribution in [0.3, 0.4) is 0 Å². The summed E-state index contributed by atoms with van der Waals surface area (Å²) >= 11 is 3.34. The van der Waals surface area contributed by atoms with E-state index in [9.17, 15) is 0 Å². The predicted octanol–water partition coefficient (Wildman–Crippen LogP) is 2.90. The normalized spacial score (nSPS) is 8.76. The van der Waals surface area contributed by atoms with Gasteiger partial charge in [0.25, 0.3) is 0 Å². The summed E-state index contributed by atoms with van der Waals surface area (Å²) in [6, 6.07) is 7.10. The summed E-state index contributed by atoms with van der Waals surface area (Å²) in [6.45, 7) is 0. The van der Waals surface area contributed by atoms with E-state index in [2.05, 4.69) is 15.9 Å². The van der Waals surface area contributed by atoms with E-state index < -0.39 is 0 Å². The summed E-state index contributed by atoms with van der Waals surface area (Å²) in [6.07, 6.45) is 1.45. The molecule has 0 atom stereocenters. The predicted molar refractivity (Wildman–Crippen MR) is 66.4 cm³/mol. The van der Waals surface area contributed by atoms with Gasteiger partial charge in [-0.3, -0.25) is 0 Å². The molecule has 0 aliphatic carbocycles. The standard InChI is InChI=1S/C12H9BrN2O2/c1-16-11-4-3-10(13)9(12(11)17-2)5-8(6-14)7-15/h3-5H,1-2H3. The Labute approximate surface area is 108 Å². The Morgan fingerprint density at radius 1 is 1.24 bits per heavy atom. The minimum atomic E-state index is -0.00254. The minimum absolute atomic E-state index is 0.00254. The van der Waals surface area contributed by atoms with E-state index in [0.717, 1.165) is 4.47 Å². The molecule has 5 heteroatoms. The molecule has 86 valence electrons. The molecule has 17 heavy (non-hydrogen) atoms. The number of hydrogen-bond acceptors (Lipinski definition) is 4. The van der Waals surface area contributed by atoms with Crippen molar-refractivity contribution >= 4 is 22.0 Å². The Hall–Kier alpha value is -1.98. The van der Waals surface area contributed by atoms with E-state index in [1.165, 1.54) is 20.3 Å². The van der Waals surface area contributed by atoms with Crippen molar-refractivity contribution < 1.29 is 9.47 Å². The van der Waals surface area contributed by atoms with Gasteiger partial charge in [0.2, 0.25) is 0 Å². The SMILES string of the molecule is COc1ccc(Br)c(C=C(C#N)C#N)c1OC. The van der Waals surface area contributed by atoms with Crippen molar-refractivity contribution in [3.05, 3.63) is 27.7 Å². The second kappa shape index (κ2) is 5.93. The number of halogens is 1. The van der Waals surface area contributed by atoms with Gasteiger partial charge in [0, 0.05) is 10.0 Å². The third kappa shape index (κ3) is 2.77. The number of allylic oxidation sites excluding steroid dienone is 1. The molecule has 0 saturated carbocycles. The average molecular weight is 293 g/mol. The molecule has 0 amide bonds. The number of methoxy groups -OCH3 is 2. The van der Waals surface area contributed by atoms with Crippen LogP contribution in [0.1, 0.15) is 5.56 Å². The monoisotopic (exact) mass is 292 g/mol. The molecule has 1 rings (SSSR count). The zero-order valence-corrected chi connectivity index (χ0v) is 10.9. The second-order valence-corrected chi connectivity index (χ2v) is 3.83. The van der Waals surface area contributed by atoms with E-state index in [-0.39, 0.29) is 5.57 Å². The number of rotatable bonds is 3. The first kappa shape index (κ1) is 13.1. The maximum Gasteiger partial charge on any atom is 0.169 e. The van der Waals surface area contributed by atoms with E-state index in [1.807, 2.05) is 0 Å². The highest BCUT2D eigenvalue weighted by Crippen LogP contribution is 2.37. The summed E-state index contributed by atoms with van der Waals surface area (Å²) in [4.78, 5) is 0. The summed E-state index contributed by atoms with van der Waals surface area (Å²) in [5.74, 6) is 1.02. The number of nitrogens with zero attached hydrogens (tertiary/aromatic N) is 2. The van der Waals surface area contributed by atoms with Crippen molar-refractivity contribution in [2.24, 2.45) is 0 Å². The molecular formula is C12H9BrN2O2. The molecule has 0 unspecified atom stereocenters. The molecule has 0 fully saturated rings. The van der Waals surface area contributed by atoms with Crippen LogP contribution < -0.4 is 9.47 Å². The van der Waals surface area contributed by atoms with Crippen LogP contribution in [0.2, 0.25) is 0 Å². The molecule has 0 N–H and O–H groups in total. The van der Waals surface area contributed by atoms with Gasteiger partial charge in [0.1, 0.15) is 17.7 Å². The number of benzene rings is 1. The molecule has 0 aromatic heterocycles. The fourth-order valence-electron chi connectivity index (χ4n) is 1.30. The Balaban J connectivity index is 3.47. The summed E-state index contributed by atoms with van der Waals surface area (Å²) in [5.41, 5.74) is 0.599. The van der Waals surface area contributed by atoms with E-state index in [1.54, 1.807) is 24.3 Å². The Morgan fingerprint density at radius 2 is 1.88 bits per heavy atom. The van der Waals surface area contributed by atoms with Gasteiger partial charge in [0.15, 0.2) is 11.5 Å². The molecular weight excluding hydrogens is 284 g/mol. The first-order chi connectivity index (χ1) is 8.17. The lowest BCUT2D eigenvalue weighted by Crippen LogP contribution is -1.94. The molecule has 4 nitrogen and oxygen atoms in total. The lowest BCUT2D eigenvalue weighted by atomic mass is 10.1. The van der Waals surface area contributed by atoms with Gasteiger partial charge < -0.3 is 9.47 Å². The van der Waals surface area contributed by atoms with Gasteiger partial charge in [0.05, 0.1) is 14.2 Å². The highest BCUT2D eigenvalue weighted by Gasteiger charge is 2.12. The highest BCUT2D eigenvalue weighted by atomic mass is 79.9. The summed E-state index contributed by atoms with van der Waals surface area (Å²) < 4.78 is 11.1. The topological polar surface area (TPSA) is 66.0 Å². The van der Waals surface area contributed by atoms with E-state index in [0.29, 0.717) is 17.1 Å². The molecule has 0 aliphatic heterocycles. The number of hydrogen-bond donors (Lipinski definition) is 0. The molecule has 0 heterocycles. The van der Waals surface area contributed by atoms with Crippen LogP contribution in [-0.2, 0) is 0 Å². The molecule has 1 aromatic carbocycles. The lowest BCUT2D eigenvalue weighted by Gasteiger charge is -2.11. The third-order valence-electron chi connectivity index (χ3n) is 2.06. The van der Waals surface area contributed by atoms with Crippen molar-refractivity contribution in [3.63, 3.8) is 0 Å². The Kier molecular flexibility index (Phi) is 4.56. The average Bonchev–Trinajstić information content (AvgIpc) is 2.36. The van der Waals surface area contributed by atoms with Crippen LogP contribution in [-0.4, -0.2) is 14.2 Å². The van der Waals surface area contributed by atoms with Crippen molar-refractivity contribution in [1.82, 2.24) is 0 Å². The fraction of sp³-hybridized carbons (Fsp3) is 0.167. The quantitative estimate of drug-likeness (QED) is 0.804. The van der Waals surface area contributed by atoms with Crippen LogP contribution in [0.25, 0.3) is 6.08 Å². The molecule has 0 bridgehead atoms. The fourth-order valence-corrected chi connectivity index (χ4v) is 1.72. The zero-order chi connectivity index (χ0) is 12.8. The van der Waals surface area contributed by atoms with Gasteiger partial charge in [-0.1, -0.05) is 15.9 Å². The molecule has 0 radical (unpaired) electrons. The van der Waals surface area contributed by atoms with Crippen molar-refractivity contribution in [2.75, 3.05) is 14.2 Å². The van der Waals surface area contributed by atoms with Crippen LogP contribution >= 0.6 is 15.9 Å². The van der Waals surface area contributed by atoms with Crippen molar-refractivity contribution in [3.8, 4) is 23.6 Å². The lowest BCUT2D eigenvalue weighted by molar-refractivity contribution is 0.354. The highest BCUT2D eigenvalue weighted by molar-refractivity contribution is 9.10. The Morgan fingerprint density at radius 3 is 2.35 bits per heavy atom. The Bertz CT molecular complexity index is 523. The van der Waals surface area contributed by atoms with Gasteiger partial charge >= 0.3 is 0 Å². The van der Waals surface area contributed by atoms with E-state index in [4.69, 9.17) is 20.0 Å². The van der Waals surface area contributed by atoms with Crippen LogP contribution in [0.4, 0.5) is 0 Å². The van der Waals surface area contributed by atoms with Gasteiger partial charge in [-0.05, 0) is 18.2 Å². The van der Waals surface area contributed by atoms with Crippen LogP contribution in [0.5, 0.6) is 11.5 Å². The smallest absolute Gasteiger partial charge is 0.169 e. The maximum atomic E-state index is 8.74. The first-order valence-corrected chi connectivity index (χ1v) is 5.39. The minimum Gasteiger partial charge on any atom is -0.493 e. The molecule has 0 spiro atoms. The molecule has 0 aliphatic rings. The third-order valence-corrected chi connectivity index (χ3v) is 2.75. The van der Waals surface area contributed by atoms with Crippen LogP contribution in [0, 0.1) is 22.7 Å². The van der Waals surface area contributed by atoms with Gasteiger partial charge in [-0.25, -0.2) is 0 Å². The zero-order valence-electron chi connectivity index (χ0n) is 9.32. The van der Waals surface area contributed by atoms with E-state index >= 15 is 0 Å². The van der Waals surface area contributed by atoms with Crippen molar-refractivity contribution in [1.29, 1.82) is 10.5 Å². The van der Waals surface area contributed by atoms with Gasteiger partial charge in [-0.15, -0.1) is 0 Å². The number of nitriles is 2. The first-order valence-electron chi connectivity index (χ1n) is 4.60. The summed E-state index contributed by atoms with van der Waals surface area (Å²) in [7, 11) is 3.02. The largest absolute Gasteiger partial charge is 0.493 e. The summed E-state index contributed by atoms with van der Waals surface area (Å²) in [5, 5.41) is 17.5. The second-order valence-electron chi connectivity index (χ2n) is 2.98. The van der Waals surface area contributed by atoms with Crippen molar-refractivity contribution in [2.45, 2.75) is 0 Å². The maximum absolute atomic E-state index is 8.74. The number of ether oxygens (including phenoxy) is 2. The van der Waals surface area contributed by atoms with Crippen LogP contribution in [0.15, 0.2) is 22.2 Å². The van der Waals surface area contributed by atoms with Gasteiger partial charge in [-0.2, -0.15) is 10.5 Å².